The first-order valence-electron chi connectivity index (χ1n) is 11.3. The van der Waals surface area contributed by atoms with Gasteiger partial charge in [-0.15, -0.1) is 11.3 Å². The monoisotopic (exact) mass is 459 g/mol. The van der Waals surface area contributed by atoms with Crippen molar-refractivity contribution in [2.45, 2.75) is 64.2 Å². The van der Waals surface area contributed by atoms with Crippen LogP contribution in [0.5, 0.6) is 0 Å². The van der Waals surface area contributed by atoms with Gasteiger partial charge in [0.25, 0.3) is 0 Å². The van der Waals surface area contributed by atoms with E-state index in [1.54, 1.807) is 6.20 Å². The highest BCUT2D eigenvalue weighted by Crippen LogP contribution is 2.47. The van der Waals surface area contributed by atoms with E-state index in [1.165, 1.54) is 41.7 Å². The summed E-state index contributed by atoms with van der Waals surface area (Å²) in [4.78, 5) is 33.8. The zero-order chi connectivity index (χ0) is 22.0. The van der Waals surface area contributed by atoms with Crippen LogP contribution in [0.15, 0.2) is 24.4 Å². The molecule has 5 nitrogen and oxygen atoms in total. The number of hydrogen-bond donors (Lipinski definition) is 0. The van der Waals surface area contributed by atoms with E-state index in [1.807, 2.05) is 16.7 Å². The first-order valence-corrected chi connectivity index (χ1v) is 12.5. The van der Waals surface area contributed by atoms with Crippen molar-refractivity contribution in [3.63, 3.8) is 0 Å². The maximum Gasteiger partial charge on any atom is 0.233 e. The Morgan fingerprint density at radius 2 is 2.03 bits per heavy atom. The van der Waals surface area contributed by atoms with Gasteiger partial charge in [0.2, 0.25) is 11.8 Å². The number of thiazole rings is 1. The molecule has 1 aromatic heterocycles. The summed E-state index contributed by atoms with van der Waals surface area (Å²) in [6, 6.07) is 6.58. The largest absolute Gasteiger partial charge is 0.342 e. The maximum absolute atomic E-state index is 13.3. The summed E-state index contributed by atoms with van der Waals surface area (Å²) in [5.41, 5.74) is 3.39. The molecule has 4 rings (SSSR count). The van der Waals surface area contributed by atoms with Crippen molar-refractivity contribution >= 4 is 40.4 Å². The van der Waals surface area contributed by atoms with Gasteiger partial charge in [0, 0.05) is 37.2 Å². The van der Waals surface area contributed by atoms with Crippen LogP contribution in [-0.4, -0.2) is 41.3 Å². The standard InChI is InChI=1S/C24H30ClN3O2S/c1-3-5-6-7-17-8-9-19-18(12-17)24(10-11-27(15-24)22(29)4-2)16-28(19)23(30)13-21-26-14-20(25)31-21/h8-9,12,14H,3-7,10-11,13,15-16H2,1-2H3. The number of anilines is 1. The third-order valence-electron chi connectivity index (χ3n) is 6.59. The smallest absolute Gasteiger partial charge is 0.233 e. The van der Waals surface area contributed by atoms with E-state index < -0.39 is 0 Å². The average Bonchev–Trinajstić information content (AvgIpc) is 3.46. The highest BCUT2D eigenvalue weighted by atomic mass is 35.5. The van der Waals surface area contributed by atoms with E-state index in [-0.39, 0.29) is 23.7 Å². The molecule has 0 aliphatic carbocycles. The molecule has 1 saturated heterocycles. The van der Waals surface area contributed by atoms with Crippen molar-refractivity contribution in [3.8, 4) is 0 Å². The number of likely N-dealkylation sites (tertiary alicyclic amines) is 1. The number of aryl methyl sites for hydroxylation is 1. The number of benzene rings is 1. The summed E-state index contributed by atoms with van der Waals surface area (Å²) in [7, 11) is 0. The lowest BCUT2D eigenvalue weighted by Gasteiger charge is -2.26. The van der Waals surface area contributed by atoms with Crippen molar-refractivity contribution in [2.75, 3.05) is 24.5 Å². The number of hydrogen-bond acceptors (Lipinski definition) is 4. The Bertz CT molecular complexity index is 975. The molecule has 2 amide bonds. The Hall–Kier alpha value is -1.92. The highest BCUT2D eigenvalue weighted by molar-refractivity contribution is 7.15. The van der Waals surface area contributed by atoms with Gasteiger partial charge in [0.05, 0.1) is 12.6 Å². The lowest BCUT2D eigenvalue weighted by atomic mass is 9.80. The molecule has 1 aromatic carbocycles. The van der Waals surface area contributed by atoms with Crippen molar-refractivity contribution in [1.82, 2.24) is 9.88 Å². The lowest BCUT2D eigenvalue weighted by Crippen LogP contribution is -2.40. The summed E-state index contributed by atoms with van der Waals surface area (Å²) in [6.07, 6.45) is 7.93. The fourth-order valence-electron chi connectivity index (χ4n) is 4.93. The van der Waals surface area contributed by atoms with Crippen molar-refractivity contribution in [2.24, 2.45) is 0 Å². The van der Waals surface area contributed by atoms with Crippen LogP contribution >= 0.6 is 22.9 Å². The first kappa shape index (κ1) is 22.3. The minimum atomic E-state index is -0.170. The average molecular weight is 460 g/mol. The van der Waals surface area contributed by atoms with Crippen LogP contribution < -0.4 is 4.90 Å². The van der Waals surface area contributed by atoms with E-state index in [0.29, 0.717) is 23.8 Å². The van der Waals surface area contributed by atoms with Gasteiger partial charge in [-0.2, -0.15) is 0 Å². The predicted molar refractivity (Wildman–Crippen MR) is 126 cm³/mol. The van der Waals surface area contributed by atoms with Crippen molar-refractivity contribution < 1.29 is 9.59 Å². The minimum absolute atomic E-state index is 0.0446. The number of unbranched alkanes of at least 4 members (excludes halogenated alkanes) is 2. The molecule has 0 bridgehead atoms. The highest BCUT2D eigenvalue weighted by Gasteiger charge is 2.49. The summed E-state index contributed by atoms with van der Waals surface area (Å²) >= 11 is 7.36. The Kier molecular flexibility index (Phi) is 6.68. The van der Waals surface area contributed by atoms with E-state index in [9.17, 15) is 9.59 Å². The second kappa shape index (κ2) is 9.29. The molecule has 2 aliphatic rings. The first-order chi connectivity index (χ1) is 15.0. The number of rotatable bonds is 7. The normalized spacial score (nSPS) is 20.0. The zero-order valence-corrected chi connectivity index (χ0v) is 19.9. The van der Waals surface area contributed by atoms with Crippen LogP contribution in [0.3, 0.4) is 0 Å². The summed E-state index contributed by atoms with van der Waals surface area (Å²) in [6.45, 7) is 6.21. The van der Waals surface area contributed by atoms with E-state index in [0.717, 1.165) is 30.1 Å². The molecule has 31 heavy (non-hydrogen) atoms. The number of nitrogens with zero attached hydrogens (tertiary/aromatic N) is 3. The Labute approximate surface area is 193 Å². The van der Waals surface area contributed by atoms with Gasteiger partial charge in [0.15, 0.2) is 0 Å². The van der Waals surface area contributed by atoms with Crippen LogP contribution in [-0.2, 0) is 27.8 Å². The van der Waals surface area contributed by atoms with E-state index in [2.05, 4.69) is 30.1 Å². The molecule has 1 atom stereocenters. The Balaban J connectivity index is 1.63. The number of carbonyl (C=O) groups is 2. The SMILES string of the molecule is CCCCCc1ccc2c(c1)C1(CCN(C(=O)CC)C1)CN2C(=O)Cc1ncc(Cl)s1. The van der Waals surface area contributed by atoms with Crippen molar-refractivity contribution in [1.29, 1.82) is 0 Å². The molecule has 0 N–H and O–H groups in total. The molecule has 2 aliphatic heterocycles. The van der Waals surface area contributed by atoms with E-state index in [4.69, 9.17) is 11.6 Å². The molecular formula is C24H30ClN3O2S. The third-order valence-corrected chi connectivity index (χ3v) is 7.71. The molecular weight excluding hydrogens is 430 g/mol. The Morgan fingerprint density at radius 1 is 1.19 bits per heavy atom. The molecule has 7 heteroatoms. The Morgan fingerprint density at radius 3 is 2.74 bits per heavy atom. The van der Waals surface area contributed by atoms with E-state index >= 15 is 0 Å². The molecule has 1 unspecified atom stereocenters. The van der Waals surface area contributed by atoms with Crippen LogP contribution in [0.25, 0.3) is 0 Å². The summed E-state index contributed by atoms with van der Waals surface area (Å²) in [5, 5.41) is 0.739. The predicted octanol–water partition coefficient (Wildman–Crippen LogP) is 5.00. The minimum Gasteiger partial charge on any atom is -0.342 e. The second-order valence-corrected chi connectivity index (χ2v) is 10.5. The summed E-state index contributed by atoms with van der Waals surface area (Å²) in [5.74, 6) is 0.239. The number of fused-ring (bicyclic) bond motifs is 2. The molecule has 166 valence electrons. The van der Waals surface area contributed by atoms with Gasteiger partial charge in [-0.25, -0.2) is 4.98 Å². The quantitative estimate of drug-likeness (QED) is 0.547. The number of amides is 2. The lowest BCUT2D eigenvalue weighted by molar-refractivity contribution is -0.130. The van der Waals surface area contributed by atoms with Crippen LogP contribution in [0.2, 0.25) is 4.34 Å². The summed E-state index contributed by atoms with van der Waals surface area (Å²) < 4.78 is 0.599. The van der Waals surface area contributed by atoms with Gasteiger partial charge in [-0.05, 0) is 36.5 Å². The topological polar surface area (TPSA) is 53.5 Å². The number of halogens is 1. The fourth-order valence-corrected chi connectivity index (χ4v) is 5.87. The maximum atomic E-state index is 13.3. The molecule has 3 heterocycles. The van der Waals surface area contributed by atoms with Gasteiger partial charge >= 0.3 is 0 Å². The fraction of sp³-hybridized carbons (Fsp3) is 0.542. The molecule has 0 saturated carbocycles. The molecule has 1 fully saturated rings. The third kappa shape index (κ3) is 4.51. The van der Waals surface area contributed by atoms with Crippen LogP contribution in [0, 0.1) is 0 Å². The molecule has 2 aromatic rings. The van der Waals surface area contributed by atoms with Crippen LogP contribution in [0.1, 0.15) is 62.1 Å². The molecule has 0 radical (unpaired) electrons. The van der Waals surface area contributed by atoms with Gasteiger partial charge in [-0.3, -0.25) is 9.59 Å². The van der Waals surface area contributed by atoms with Gasteiger partial charge in [-0.1, -0.05) is 50.4 Å². The second-order valence-electron chi connectivity index (χ2n) is 8.72. The number of aromatic nitrogens is 1. The number of carbonyl (C=O) groups excluding carboxylic acids is 2. The zero-order valence-electron chi connectivity index (χ0n) is 18.3. The van der Waals surface area contributed by atoms with Gasteiger partial charge < -0.3 is 9.80 Å². The van der Waals surface area contributed by atoms with Crippen LogP contribution in [0.4, 0.5) is 5.69 Å². The van der Waals surface area contributed by atoms with Gasteiger partial charge in [0.1, 0.15) is 9.34 Å². The van der Waals surface area contributed by atoms with Crippen molar-refractivity contribution in [3.05, 3.63) is 44.9 Å². The molecule has 1 spiro atoms.